The van der Waals surface area contributed by atoms with Crippen LogP contribution in [0.15, 0.2) is 30.6 Å². The lowest BCUT2D eigenvalue weighted by Gasteiger charge is -2.10. The molecule has 6 nitrogen and oxygen atoms in total. The highest BCUT2D eigenvalue weighted by molar-refractivity contribution is 5.91. The zero-order valence-corrected chi connectivity index (χ0v) is 11.3. The summed E-state index contributed by atoms with van der Waals surface area (Å²) in [5.74, 6) is -0.0713. The predicted molar refractivity (Wildman–Crippen MR) is 74.6 cm³/mol. The van der Waals surface area contributed by atoms with E-state index in [1.165, 1.54) is 19.5 Å². The topological polar surface area (TPSA) is 84.3 Å². The first-order valence-corrected chi connectivity index (χ1v) is 6.13. The number of anilines is 2. The standard InChI is InChI=1S/C14H15N3O3/c1-3-9-7-13(16-8-15-9)17-10-4-5-11(14(18)19)12(6-10)20-2/h4-8H,3H2,1-2H3,(H,18,19)(H,15,16,17). The monoisotopic (exact) mass is 273 g/mol. The second-order valence-electron chi connectivity index (χ2n) is 4.09. The highest BCUT2D eigenvalue weighted by atomic mass is 16.5. The van der Waals surface area contributed by atoms with Gasteiger partial charge in [0.15, 0.2) is 0 Å². The van der Waals surface area contributed by atoms with Crippen LogP contribution < -0.4 is 10.1 Å². The number of benzene rings is 1. The molecule has 0 saturated heterocycles. The van der Waals surface area contributed by atoms with Gasteiger partial charge in [0.05, 0.1) is 7.11 Å². The zero-order valence-electron chi connectivity index (χ0n) is 11.3. The Hall–Kier alpha value is -2.63. The van der Waals surface area contributed by atoms with E-state index in [9.17, 15) is 4.79 Å². The van der Waals surface area contributed by atoms with E-state index in [1.807, 2.05) is 13.0 Å². The summed E-state index contributed by atoms with van der Waals surface area (Å²) in [7, 11) is 1.44. The van der Waals surface area contributed by atoms with Gasteiger partial charge in [-0.2, -0.15) is 0 Å². The van der Waals surface area contributed by atoms with Crippen molar-refractivity contribution in [3.63, 3.8) is 0 Å². The molecular weight excluding hydrogens is 258 g/mol. The average molecular weight is 273 g/mol. The largest absolute Gasteiger partial charge is 0.496 e. The number of carboxylic acid groups (broad SMARTS) is 1. The second kappa shape index (κ2) is 6.01. The quantitative estimate of drug-likeness (QED) is 0.870. The summed E-state index contributed by atoms with van der Waals surface area (Å²) < 4.78 is 5.08. The Balaban J connectivity index is 2.27. The zero-order chi connectivity index (χ0) is 14.5. The number of aryl methyl sites for hydroxylation is 1. The Kier molecular flexibility index (Phi) is 4.14. The Morgan fingerprint density at radius 1 is 1.35 bits per heavy atom. The summed E-state index contributed by atoms with van der Waals surface area (Å²) in [4.78, 5) is 19.2. The van der Waals surface area contributed by atoms with Crippen LogP contribution >= 0.6 is 0 Å². The van der Waals surface area contributed by atoms with E-state index in [1.54, 1.807) is 12.1 Å². The van der Waals surface area contributed by atoms with Crippen molar-refractivity contribution in [1.29, 1.82) is 0 Å². The Labute approximate surface area is 116 Å². The number of ether oxygens (including phenoxy) is 1. The molecule has 2 N–H and O–H groups in total. The molecule has 2 rings (SSSR count). The predicted octanol–water partition coefficient (Wildman–Crippen LogP) is 2.49. The van der Waals surface area contributed by atoms with E-state index in [0.717, 1.165) is 12.1 Å². The number of nitrogens with zero attached hydrogens (tertiary/aromatic N) is 2. The van der Waals surface area contributed by atoms with Crippen LogP contribution in [-0.4, -0.2) is 28.2 Å². The molecule has 0 fully saturated rings. The summed E-state index contributed by atoms with van der Waals surface area (Å²) >= 11 is 0. The molecule has 0 saturated carbocycles. The van der Waals surface area contributed by atoms with E-state index in [2.05, 4.69) is 15.3 Å². The van der Waals surface area contributed by atoms with Gasteiger partial charge in [0.1, 0.15) is 23.5 Å². The molecule has 0 bridgehead atoms. The molecule has 2 aromatic rings. The first-order chi connectivity index (χ1) is 9.63. The number of nitrogens with one attached hydrogen (secondary N) is 1. The lowest BCUT2D eigenvalue weighted by atomic mass is 10.2. The lowest BCUT2D eigenvalue weighted by molar-refractivity contribution is 0.0693. The molecule has 1 aromatic carbocycles. The Morgan fingerprint density at radius 3 is 2.80 bits per heavy atom. The molecule has 1 aromatic heterocycles. The van der Waals surface area contributed by atoms with E-state index in [0.29, 0.717) is 17.3 Å². The number of methoxy groups -OCH3 is 1. The molecule has 0 atom stereocenters. The SMILES string of the molecule is CCc1cc(Nc2ccc(C(=O)O)c(OC)c2)ncn1. The van der Waals surface area contributed by atoms with Gasteiger partial charge in [0.25, 0.3) is 0 Å². The number of aromatic nitrogens is 2. The van der Waals surface area contributed by atoms with Crippen molar-refractivity contribution >= 4 is 17.5 Å². The van der Waals surface area contributed by atoms with E-state index < -0.39 is 5.97 Å². The Bertz CT molecular complexity index is 629. The van der Waals surface area contributed by atoms with Crippen molar-refractivity contribution in [1.82, 2.24) is 9.97 Å². The smallest absolute Gasteiger partial charge is 0.339 e. The van der Waals surface area contributed by atoms with Gasteiger partial charge in [-0.25, -0.2) is 14.8 Å². The van der Waals surface area contributed by atoms with Crippen LogP contribution in [0.1, 0.15) is 23.0 Å². The van der Waals surface area contributed by atoms with Crippen molar-refractivity contribution in [2.75, 3.05) is 12.4 Å². The highest BCUT2D eigenvalue weighted by Gasteiger charge is 2.11. The summed E-state index contributed by atoms with van der Waals surface area (Å²) in [6.45, 7) is 2.01. The van der Waals surface area contributed by atoms with Gasteiger partial charge >= 0.3 is 5.97 Å². The van der Waals surface area contributed by atoms with E-state index >= 15 is 0 Å². The van der Waals surface area contributed by atoms with Crippen molar-refractivity contribution in [2.45, 2.75) is 13.3 Å². The van der Waals surface area contributed by atoms with Crippen molar-refractivity contribution in [2.24, 2.45) is 0 Å². The van der Waals surface area contributed by atoms with Crippen LogP contribution in [0.2, 0.25) is 0 Å². The van der Waals surface area contributed by atoms with Crippen LogP contribution in [0.5, 0.6) is 5.75 Å². The molecule has 0 amide bonds. The van der Waals surface area contributed by atoms with Crippen LogP contribution in [0.25, 0.3) is 0 Å². The lowest BCUT2D eigenvalue weighted by Crippen LogP contribution is -2.02. The molecule has 0 radical (unpaired) electrons. The van der Waals surface area contributed by atoms with Crippen LogP contribution in [0.3, 0.4) is 0 Å². The summed E-state index contributed by atoms with van der Waals surface area (Å²) in [6, 6.07) is 6.62. The first kappa shape index (κ1) is 13.8. The second-order valence-corrected chi connectivity index (χ2v) is 4.09. The molecule has 20 heavy (non-hydrogen) atoms. The third kappa shape index (κ3) is 3.03. The molecular formula is C14H15N3O3. The van der Waals surface area contributed by atoms with Crippen LogP contribution in [0.4, 0.5) is 11.5 Å². The van der Waals surface area contributed by atoms with Gasteiger partial charge in [-0.3, -0.25) is 0 Å². The van der Waals surface area contributed by atoms with Crippen molar-refractivity contribution < 1.29 is 14.6 Å². The van der Waals surface area contributed by atoms with Crippen LogP contribution in [-0.2, 0) is 6.42 Å². The fourth-order valence-electron chi connectivity index (χ4n) is 1.75. The fraction of sp³-hybridized carbons (Fsp3) is 0.214. The van der Waals surface area contributed by atoms with Gasteiger partial charge in [-0.15, -0.1) is 0 Å². The number of hydrogen-bond donors (Lipinski definition) is 2. The summed E-state index contributed by atoms with van der Waals surface area (Å²) in [5, 5.41) is 12.1. The molecule has 0 spiro atoms. The molecule has 104 valence electrons. The number of carbonyl (C=O) groups is 1. The number of carboxylic acids is 1. The minimum atomic E-state index is -1.02. The number of aromatic carboxylic acids is 1. The van der Waals surface area contributed by atoms with Crippen molar-refractivity contribution in [3.8, 4) is 5.75 Å². The van der Waals surface area contributed by atoms with Gasteiger partial charge in [-0.1, -0.05) is 6.92 Å². The van der Waals surface area contributed by atoms with E-state index in [-0.39, 0.29) is 5.56 Å². The first-order valence-electron chi connectivity index (χ1n) is 6.13. The molecule has 0 aliphatic heterocycles. The normalized spacial score (nSPS) is 10.1. The fourth-order valence-corrected chi connectivity index (χ4v) is 1.75. The molecule has 0 unspecified atom stereocenters. The Morgan fingerprint density at radius 2 is 2.15 bits per heavy atom. The van der Waals surface area contributed by atoms with Gasteiger partial charge in [-0.05, 0) is 18.6 Å². The maximum absolute atomic E-state index is 11.0. The summed E-state index contributed by atoms with van der Waals surface area (Å²) in [5.41, 5.74) is 1.75. The minimum Gasteiger partial charge on any atom is -0.496 e. The number of rotatable bonds is 5. The highest BCUT2D eigenvalue weighted by Crippen LogP contribution is 2.25. The van der Waals surface area contributed by atoms with Gasteiger partial charge < -0.3 is 15.2 Å². The van der Waals surface area contributed by atoms with Gasteiger partial charge in [0.2, 0.25) is 0 Å². The molecule has 1 heterocycles. The number of hydrogen-bond acceptors (Lipinski definition) is 5. The van der Waals surface area contributed by atoms with Gasteiger partial charge in [0, 0.05) is 23.5 Å². The third-order valence-electron chi connectivity index (χ3n) is 2.79. The molecule has 0 aliphatic carbocycles. The van der Waals surface area contributed by atoms with Crippen molar-refractivity contribution in [3.05, 3.63) is 41.9 Å². The maximum atomic E-state index is 11.0. The average Bonchev–Trinajstić information content (AvgIpc) is 2.47. The third-order valence-corrected chi connectivity index (χ3v) is 2.79. The molecule has 6 heteroatoms. The maximum Gasteiger partial charge on any atom is 0.339 e. The molecule has 0 aliphatic rings. The van der Waals surface area contributed by atoms with E-state index in [4.69, 9.17) is 9.84 Å². The summed E-state index contributed by atoms with van der Waals surface area (Å²) in [6.07, 6.45) is 2.31. The minimum absolute atomic E-state index is 0.120. The van der Waals surface area contributed by atoms with Crippen LogP contribution in [0, 0.1) is 0 Å².